The fourth-order valence-electron chi connectivity index (χ4n) is 2.95. The molecular formula is C23H21FN4O3. The molecule has 31 heavy (non-hydrogen) atoms. The number of aryl methyl sites for hydroxylation is 2. The average molecular weight is 420 g/mol. The molecule has 4 rings (SSSR count). The van der Waals surface area contributed by atoms with E-state index < -0.39 is 5.91 Å². The van der Waals surface area contributed by atoms with Crippen LogP contribution in [0, 0.1) is 19.7 Å². The lowest BCUT2D eigenvalue weighted by molar-refractivity contribution is 0.0991. The molecule has 7 nitrogen and oxygen atoms in total. The summed E-state index contributed by atoms with van der Waals surface area (Å²) in [5.41, 5.74) is 3.07. The quantitative estimate of drug-likeness (QED) is 0.476. The summed E-state index contributed by atoms with van der Waals surface area (Å²) in [6.07, 6.45) is 1.46. The monoisotopic (exact) mass is 420 g/mol. The van der Waals surface area contributed by atoms with E-state index in [1.165, 1.54) is 28.7 Å². The van der Waals surface area contributed by atoms with E-state index in [0.717, 1.165) is 16.9 Å². The van der Waals surface area contributed by atoms with Crippen LogP contribution >= 0.6 is 0 Å². The maximum absolute atomic E-state index is 13.3. The predicted molar refractivity (Wildman–Crippen MR) is 112 cm³/mol. The molecule has 0 atom stereocenters. The Balaban J connectivity index is 1.33. The van der Waals surface area contributed by atoms with Crippen LogP contribution in [0.4, 0.5) is 10.3 Å². The Morgan fingerprint density at radius 1 is 1.13 bits per heavy atom. The third-order valence-corrected chi connectivity index (χ3v) is 4.74. The van der Waals surface area contributed by atoms with Gasteiger partial charge in [0.2, 0.25) is 5.95 Å². The molecule has 0 aliphatic rings. The summed E-state index contributed by atoms with van der Waals surface area (Å²) in [5.74, 6) is 0.722. The first-order valence-electron chi connectivity index (χ1n) is 9.70. The Morgan fingerprint density at radius 2 is 2.00 bits per heavy atom. The zero-order valence-electron chi connectivity index (χ0n) is 17.1. The zero-order chi connectivity index (χ0) is 21.8. The number of benzene rings is 2. The van der Waals surface area contributed by atoms with Crippen molar-refractivity contribution < 1.29 is 18.3 Å². The SMILES string of the molecule is Cc1ccc(OCc2ccc(C(=O)Nc3ncn(Cc4cccc(F)c4)n3)o2)cc1C. The largest absolute Gasteiger partial charge is 0.486 e. The van der Waals surface area contributed by atoms with Gasteiger partial charge in [0, 0.05) is 0 Å². The third-order valence-electron chi connectivity index (χ3n) is 4.74. The Bertz CT molecular complexity index is 1220. The topological polar surface area (TPSA) is 82.2 Å². The molecule has 0 radical (unpaired) electrons. The number of nitrogens with zero attached hydrogens (tertiary/aromatic N) is 3. The molecule has 0 saturated carbocycles. The highest BCUT2D eigenvalue weighted by Gasteiger charge is 2.14. The highest BCUT2D eigenvalue weighted by Crippen LogP contribution is 2.19. The molecule has 0 fully saturated rings. The van der Waals surface area contributed by atoms with Crippen molar-refractivity contribution >= 4 is 11.9 Å². The van der Waals surface area contributed by atoms with Gasteiger partial charge in [-0.15, -0.1) is 5.10 Å². The second kappa shape index (κ2) is 8.83. The van der Waals surface area contributed by atoms with E-state index in [1.54, 1.807) is 24.3 Å². The molecule has 0 aliphatic carbocycles. The van der Waals surface area contributed by atoms with Gasteiger partial charge in [-0.3, -0.25) is 10.1 Å². The van der Waals surface area contributed by atoms with Crippen LogP contribution in [0.5, 0.6) is 5.75 Å². The Kier molecular flexibility index (Phi) is 5.79. The third kappa shape index (κ3) is 5.16. The molecule has 2 heterocycles. The number of amides is 1. The van der Waals surface area contributed by atoms with Crippen LogP contribution in [-0.4, -0.2) is 20.7 Å². The van der Waals surface area contributed by atoms with Gasteiger partial charge in [-0.1, -0.05) is 18.2 Å². The minimum absolute atomic E-state index is 0.125. The number of nitrogens with one attached hydrogen (secondary N) is 1. The summed E-state index contributed by atoms with van der Waals surface area (Å²) in [6.45, 7) is 4.60. The van der Waals surface area contributed by atoms with E-state index in [0.29, 0.717) is 12.3 Å². The standard InChI is InChI=1S/C23H21FN4O3/c1-15-6-7-19(10-16(15)2)30-13-20-8-9-21(31-20)22(29)26-23-25-14-28(27-23)12-17-4-3-5-18(24)11-17/h3-11,14H,12-13H2,1-2H3,(H,26,27,29). The fourth-order valence-corrected chi connectivity index (χ4v) is 2.95. The lowest BCUT2D eigenvalue weighted by Gasteiger charge is -2.06. The zero-order valence-corrected chi connectivity index (χ0v) is 17.1. The molecule has 2 aromatic heterocycles. The first-order chi connectivity index (χ1) is 15.0. The van der Waals surface area contributed by atoms with E-state index in [9.17, 15) is 9.18 Å². The van der Waals surface area contributed by atoms with Gasteiger partial charge in [0.25, 0.3) is 5.91 Å². The first kappa shape index (κ1) is 20.3. The molecule has 8 heteroatoms. The summed E-state index contributed by atoms with van der Waals surface area (Å²) in [4.78, 5) is 16.5. The van der Waals surface area contributed by atoms with Gasteiger partial charge in [-0.25, -0.2) is 14.1 Å². The average Bonchev–Trinajstić information content (AvgIpc) is 3.38. The number of hydrogen-bond acceptors (Lipinski definition) is 5. The van der Waals surface area contributed by atoms with Gasteiger partial charge < -0.3 is 9.15 Å². The van der Waals surface area contributed by atoms with Crippen molar-refractivity contribution in [2.75, 3.05) is 5.32 Å². The minimum Gasteiger partial charge on any atom is -0.486 e. The van der Waals surface area contributed by atoms with Crippen molar-refractivity contribution in [2.24, 2.45) is 0 Å². The maximum Gasteiger partial charge on any atom is 0.293 e. The Labute approximate surface area is 178 Å². The fraction of sp³-hybridized carbons (Fsp3) is 0.174. The van der Waals surface area contributed by atoms with Gasteiger partial charge in [-0.2, -0.15) is 0 Å². The second-order valence-corrected chi connectivity index (χ2v) is 7.15. The lowest BCUT2D eigenvalue weighted by Crippen LogP contribution is -2.12. The molecule has 1 N–H and O–H groups in total. The Morgan fingerprint density at radius 3 is 2.81 bits per heavy atom. The Hall–Kier alpha value is -3.94. The smallest absolute Gasteiger partial charge is 0.293 e. The number of halogens is 1. The normalized spacial score (nSPS) is 10.8. The number of carbonyl (C=O) groups is 1. The molecule has 0 aliphatic heterocycles. The van der Waals surface area contributed by atoms with Crippen molar-refractivity contribution in [2.45, 2.75) is 27.0 Å². The first-order valence-corrected chi connectivity index (χ1v) is 9.70. The molecule has 0 unspecified atom stereocenters. The number of rotatable bonds is 7. The predicted octanol–water partition coefficient (Wildman–Crippen LogP) is 4.51. The van der Waals surface area contributed by atoms with Gasteiger partial charge >= 0.3 is 0 Å². The van der Waals surface area contributed by atoms with Gasteiger partial charge in [0.1, 0.15) is 30.3 Å². The van der Waals surface area contributed by atoms with E-state index in [4.69, 9.17) is 9.15 Å². The van der Waals surface area contributed by atoms with Crippen molar-refractivity contribution in [1.82, 2.24) is 14.8 Å². The summed E-state index contributed by atoms with van der Waals surface area (Å²) >= 11 is 0. The molecule has 0 spiro atoms. The van der Waals surface area contributed by atoms with Crippen LogP contribution in [-0.2, 0) is 13.2 Å². The summed E-state index contributed by atoms with van der Waals surface area (Å²) in [7, 11) is 0. The summed E-state index contributed by atoms with van der Waals surface area (Å²) < 4.78 is 26.1. The van der Waals surface area contributed by atoms with Crippen molar-refractivity contribution in [3.63, 3.8) is 0 Å². The van der Waals surface area contributed by atoms with Crippen molar-refractivity contribution in [1.29, 1.82) is 0 Å². The van der Waals surface area contributed by atoms with E-state index in [2.05, 4.69) is 15.4 Å². The van der Waals surface area contributed by atoms with Crippen LogP contribution in [0.25, 0.3) is 0 Å². The van der Waals surface area contributed by atoms with Crippen molar-refractivity contribution in [3.05, 3.63) is 95.0 Å². The summed E-state index contributed by atoms with van der Waals surface area (Å²) in [5, 5.41) is 6.77. The molecule has 0 bridgehead atoms. The van der Waals surface area contributed by atoms with Crippen LogP contribution in [0.15, 0.2) is 65.3 Å². The van der Waals surface area contributed by atoms with Crippen LogP contribution in [0.1, 0.15) is 33.0 Å². The van der Waals surface area contributed by atoms with Crippen LogP contribution in [0.2, 0.25) is 0 Å². The molecule has 1 amide bonds. The van der Waals surface area contributed by atoms with Crippen molar-refractivity contribution in [3.8, 4) is 5.75 Å². The minimum atomic E-state index is -0.471. The van der Waals surface area contributed by atoms with Gasteiger partial charge in [0.15, 0.2) is 5.76 Å². The van der Waals surface area contributed by atoms with E-state index in [1.807, 2.05) is 32.0 Å². The number of aromatic nitrogens is 3. The number of ether oxygens (including phenoxy) is 1. The summed E-state index contributed by atoms with van der Waals surface area (Å²) in [6, 6.07) is 15.3. The lowest BCUT2D eigenvalue weighted by atomic mass is 10.1. The molecule has 4 aromatic rings. The molecule has 0 saturated heterocycles. The highest BCUT2D eigenvalue weighted by atomic mass is 19.1. The maximum atomic E-state index is 13.3. The van der Waals surface area contributed by atoms with Gasteiger partial charge in [0.05, 0.1) is 6.54 Å². The van der Waals surface area contributed by atoms with E-state index >= 15 is 0 Å². The number of hydrogen-bond donors (Lipinski definition) is 1. The molecule has 158 valence electrons. The highest BCUT2D eigenvalue weighted by molar-refractivity contribution is 6.01. The number of carbonyl (C=O) groups excluding carboxylic acids is 1. The van der Waals surface area contributed by atoms with Crippen LogP contribution < -0.4 is 10.1 Å². The number of furan rings is 1. The van der Waals surface area contributed by atoms with E-state index in [-0.39, 0.29) is 24.1 Å². The number of anilines is 1. The van der Waals surface area contributed by atoms with Gasteiger partial charge in [-0.05, 0) is 66.9 Å². The second-order valence-electron chi connectivity index (χ2n) is 7.15. The molecular weight excluding hydrogens is 399 g/mol. The molecule has 2 aromatic carbocycles. The van der Waals surface area contributed by atoms with Crippen LogP contribution in [0.3, 0.4) is 0 Å².